The molecule has 1 heterocycles. The summed E-state index contributed by atoms with van der Waals surface area (Å²) >= 11 is 5.98. The highest BCUT2D eigenvalue weighted by Crippen LogP contribution is 2.19. The Bertz CT molecular complexity index is 1200. The summed E-state index contributed by atoms with van der Waals surface area (Å²) in [6, 6.07) is 24.6. The molecular weight excluding hydrogens is 410 g/mol. The molecule has 0 atom stereocenters. The molecule has 0 spiro atoms. The van der Waals surface area contributed by atoms with Gasteiger partial charge in [0.1, 0.15) is 12.4 Å². The third-order valence-electron chi connectivity index (χ3n) is 4.70. The maximum absolute atomic E-state index is 12.7. The maximum Gasteiger partial charge on any atom is 0.256 e. The predicted molar refractivity (Wildman–Crippen MR) is 123 cm³/mol. The van der Waals surface area contributed by atoms with Crippen molar-refractivity contribution in [3.63, 3.8) is 0 Å². The number of carbonyl (C=O) groups excluding carboxylic acids is 1. The molecule has 1 amide bonds. The number of amides is 1. The average Bonchev–Trinajstić information content (AvgIpc) is 3.19. The van der Waals surface area contributed by atoms with Crippen LogP contribution in [0.2, 0.25) is 5.02 Å². The molecule has 3 aromatic carbocycles. The summed E-state index contributed by atoms with van der Waals surface area (Å²) in [7, 11) is 0. The van der Waals surface area contributed by atoms with Gasteiger partial charge >= 0.3 is 0 Å². The molecule has 156 valence electrons. The Morgan fingerprint density at radius 1 is 1.00 bits per heavy atom. The van der Waals surface area contributed by atoms with E-state index < -0.39 is 0 Å². The Labute approximate surface area is 186 Å². The second kappa shape index (κ2) is 9.49. The van der Waals surface area contributed by atoms with Gasteiger partial charge in [-0.3, -0.25) is 9.48 Å². The molecule has 0 fully saturated rings. The van der Waals surface area contributed by atoms with E-state index in [1.54, 1.807) is 28.9 Å². The van der Waals surface area contributed by atoms with E-state index in [1.807, 2.05) is 42.6 Å². The van der Waals surface area contributed by atoms with E-state index in [9.17, 15) is 4.79 Å². The molecule has 1 N–H and O–H groups in total. The number of hydrogen-bond acceptors (Lipinski definition) is 3. The van der Waals surface area contributed by atoms with Crippen LogP contribution >= 0.6 is 11.6 Å². The number of rotatable bonds is 7. The van der Waals surface area contributed by atoms with Crippen LogP contribution in [0, 0.1) is 6.92 Å². The van der Waals surface area contributed by atoms with Crippen LogP contribution in [0.1, 0.15) is 27.0 Å². The number of nitrogens with one attached hydrogen (secondary N) is 1. The smallest absolute Gasteiger partial charge is 0.256 e. The van der Waals surface area contributed by atoms with Gasteiger partial charge in [0.05, 0.1) is 6.54 Å². The van der Waals surface area contributed by atoms with Gasteiger partial charge in [-0.15, -0.1) is 0 Å². The van der Waals surface area contributed by atoms with Crippen molar-refractivity contribution in [2.75, 3.05) is 5.32 Å². The fourth-order valence-corrected chi connectivity index (χ4v) is 3.41. The Morgan fingerprint density at radius 3 is 2.65 bits per heavy atom. The summed E-state index contributed by atoms with van der Waals surface area (Å²) in [6.07, 6.45) is 1.85. The number of carbonyl (C=O) groups is 1. The van der Waals surface area contributed by atoms with Crippen LogP contribution in [0.5, 0.6) is 5.75 Å². The average molecular weight is 432 g/mol. The minimum absolute atomic E-state index is 0.217. The van der Waals surface area contributed by atoms with E-state index in [4.69, 9.17) is 16.3 Å². The number of aryl methyl sites for hydroxylation is 1. The standard InChI is InChI=1S/C25H22ClN3O2/c1-18-5-2-6-19(13-18)16-29-12-11-24(28-29)27-25(30)21-8-3-7-20(14-21)17-31-23-10-4-9-22(26)15-23/h2-15H,16-17H2,1H3,(H,27,28,30). The number of aromatic nitrogens is 2. The summed E-state index contributed by atoms with van der Waals surface area (Å²) in [5.41, 5.74) is 3.80. The summed E-state index contributed by atoms with van der Waals surface area (Å²) in [5.74, 6) is 0.977. The minimum Gasteiger partial charge on any atom is -0.489 e. The van der Waals surface area contributed by atoms with Gasteiger partial charge in [-0.2, -0.15) is 5.10 Å². The van der Waals surface area contributed by atoms with Crippen molar-refractivity contribution in [2.24, 2.45) is 0 Å². The molecule has 0 bridgehead atoms. The number of benzene rings is 3. The van der Waals surface area contributed by atoms with Crippen LogP contribution < -0.4 is 10.1 Å². The zero-order valence-electron chi connectivity index (χ0n) is 17.1. The molecule has 0 radical (unpaired) electrons. The van der Waals surface area contributed by atoms with Crippen molar-refractivity contribution in [2.45, 2.75) is 20.1 Å². The van der Waals surface area contributed by atoms with Crippen LogP contribution in [-0.4, -0.2) is 15.7 Å². The number of hydrogen-bond donors (Lipinski definition) is 1. The molecule has 0 aliphatic rings. The van der Waals surface area contributed by atoms with Gasteiger partial charge in [0, 0.05) is 22.8 Å². The van der Waals surface area contributed by atoms with Crippen LogP contribution in [0.4, 0.5) is 5.82 Å². The van der Waals surface area contributed by atoms with E-state index in [-0.39, 0.29) is 5.91 Å². The molecule has 0 saturated carbocycles. The van der Waals surface area contributed by atoms with Gasteiger partial charge in [0.15, 0.2) is 5.82 Å². The lowest BCUT2D eigenvalue weighted by Crippen LogP contribution is -2.13. The number of nitrogens with zero attached hydrogens (tertiary/aromatic N) is 2. The lowest BCUT2D eigenvalue weighted by atomic mass is 10.1. The van der Waals surface area contributed by atoms with Gasteiger partial charge < -0.3 is 10.1 Å². The fourth-order valence-electron chi connectivity index (χ4n) is 3.23. The summed E-state index contributed by atoms with van der Waals surface area (Å²) in [4.78, 5) is 12.7. The lowest BCUT2D eigenvalue weighted by Gasteiger charge is -2.08. The molecule has 4 aromatic rings. The van der Waals surface area contributed by atoms with Gasteiger partial charge in [0.25, 0.3) is 5.91 Å². The molecule has 1 aromatic heterocycles. The highest BCUT2D eigenvalue weighted by atomic mass is 35.5. The third kappa shape index (κ3) is 5.74. The van der Waals surface area contributed by atoms with Gasteiger partial charge in [0.2, 0.25) is 0 Å². The Kier molecular flexibility index (Phi) is 6.34. The molecule has 4 rings (SSSR count). The van der Waals surface area contributed by atoms with Gasteiger partial charge in [-0.05, 0) is 48.4 Å². The summed E-state index contributed by atoms with van der Waals surface area (Å²) in [5, 5.41) is 7.93. The first-order valence-corrected chi connectivity index (χ1v) is 10.3. The van der Waals surface area contributed by atoms with E-state index in [1.165, 1.54) is 5.56 Å². The lowest BCUT2D eigenvalue weighted by molar-refractivity contribution is 0.102. The quantitative estimate of drug-likeness (QED) is 0.407. The molecule has 6 heteroatoms. The second-order valence-corrected chi connectivity index (χ2v) is 7.72. The Balaban J connectivity index is 1.37. The van der Waals surface area contributed by atoms with E-state index >= 15 is 0 Å². The van der Waals surface area contributed by atoms with Crippen LogP contribution in [-0.2, 0) is 13.2 Å². The van der Waals surface area contributed by atoms with Gasteiger partial charge in [-0.1, -0.05) is 59.6 Å². The summed E-state index contributed by atoms with van der Waals surface area (Å²) in [6.45, 7) is 3.05. The second-order valence-electron chi connectivity index (χ2n) is 7.29. The molecule has 0 aliphatic carbocycles. The van der Waals surface area contributed by atoms with E-state index in [2.05, 4.69) is 35.5 Å². The van der Waals surface area contributed by atoms with E-state index in [0.29, 0.717) is 35.3 Å². The molecule has 5 nitrogen and oxygen atoms in total. The van der Waals surface area contributed by atoms with Crippen molar-refractivity contribution < 1.29 is 9.53 Å². The highest BCUT2D eigenvalue weighted by molar-refractivity contribution is 6.30. The van der Waals surface area contributed by atoms with Crippen molar-refractivity contribution in [3.05, 3.63) is 112 Å². The molecule has 0 unspecified atom stereocenters. The Morgan fingerprint density at radius 2 is 1.81 bits per heavy atom. The number of halogens is 1. The predicted octanol–water partition coefficient (Wildman–Crippen LogP) is 5.72. The largest absolute Gasteiger partial charge is 0.489 e. The van der Waals surface area contributed by atoms with Crippen molar-refractivity contribution in [1.29, 1.82) is 0 Å². The Hall–Kier alpha value is -3.57. The van der Waals surface area contributed by atoms with Crippen LogP contribution in [0.25, 0.3) is 0 Å². The molecule has 31 heavy (non-hydrogen) atoms. The fraction of sp³-hybridized carbons (Fsp3) is 0.120. The maximum atomic E-state index is 12.7. The first-order valence-electron chi connectivity index (χ1n) is 9.93. The van der Waals surface area contributed by atoms with E-state index in [0.717, 1.165) is 11.1 Å². The number of anilines is 1. The topological polar surface area (TPSA) is 56.2 Å². The number of ether oxygens (including phenoxy) is 1. The van der Waals surface area contributed by atoms with Crippen LogP contribution in [0.15, 0.2) is 85.1 Å². The highest BCUT2D eigenvalue weighted by Gasteiger charge is 2.09. The monoisotopic (exact) mass is 431 g/mol. The summed E-state index contributed by atoms with van der Waals surface area (Å²) < 4.78 is 7.57. The SMILES string of the molecule is Cc1cccc(Cn2ccc(NC(=O)c3cccc(COc4cccc(Cl)c4)c3)n2)c1. The third-order valence-corrected chi connectivity index (χ3v) is 4.94. The molecule has 0 aliphatic heterocycles. The zero-order chi connectivity index (χ0) is 21.6. The van der Waals surface area contributed by atoms with Gasteiger partial charge in [-0.25, -0.2) is 0 Å². The zero-order valence-corrected chi connectivity index (χ0v) is 17.8. The molecular formula is C25H22ClN3O2. The first kappa shape index (κ1) is 20.7. The minimum atomic E-state index is -0.217. The normalized spacial score (nSPS) is 10.6. The van der Waals surface area contributed by atoms with Crippen molar-refractivity contribution in [3.8, 4) is 5.75 Å². The van der Waals surface area contributed by atoms with Crippen LogP contribution in [0.3, 0.4) is 0 Å². The molecule has 0 saturated heterocycles. The van der Waals surface area contributed by atoms with Crippen molar-refractivity contribution in [1.82, 2.24) is 9.78 Å². The first-order chi connectivity index (χ1) is 15.0. The van der Waals surface area contributed by atoms with Crippen molar-refractivity contribution >= 4 is 23.3 Å².